The zero-order valence-electron chi connectivity index (χ0n) is 25.5. The lowest BCUT2D eigenvalue weighted by Crippen LogP contribution is -2.37. The molecule has 47 heavy (non-hydrogen) atoms. The third-order valence-corrected chi connectivity index (χ3v) is 8.94. The van der Waals surface area contributed by atoms with Gasteiger partial charge in [-0.05, 0) is 60.1 Å². The first kappa shape index (κ1) is 33.7. The third-order valence-electron chi connectivity index (χ3n) is 7.73. The number of carbonyl (C=O) groups is 6. The third kappa shape index (κ3) is 8.19. The van der Waals surface area contributed by atoms with E-state index >= 15 is 0 Å². The van der Waals surface area contributed by atoms with Gasteiger partial charge in [-0.1, -0.05) is 30.3 Å². The molecule has 2 aromatic rings. The number of thioether (sulfide) groups is 1. The molecule has 2 aromatic carbocycles. The predicted molar refractivity (Wildman–Crippen MR) is 165 cm³/mol. The lowest BCUT2D eigenvalue weighted by Gasteiger charge is -2.35. The van der Waals surface area contributed by atoms with Gasteiger partial charge in [0.15, 0.2) is 0 Å². The predicted octanol–water partition coefficient (Wildman–Crippen LogP) is 3.47. The summed E-state index contributed by atoms with van der Waals surface area (Å²) in [5, 5.41) is 15.0. The fourth-order valence-corrected chi connectivity index (χ4v) is 6.33. The Balaban J connectivity index is 1.11. The van der Waals surface area contributed by atoms with Crippen LogP contribution in [0, 0.1) is 0 Å². The van der Waals surface area contributed by atoms with E-state index in [1.54, 1.807) is 48.5 Å². The van der Waals surface area contributed by atoms with Crippen molar-refractivity contribution in [3.63, 3.8) is 0 Å². The Bertz CT molecular complexity index is 1400. The van der Waals surface area contributed by atoms with Gasteiger partial charge in [0.25, 0.3) is 23.6 Å². The zero-order valence-corrected chi connectivity index (χ0v) is 26.3. The summed E-state index contributed by atoms with van der Waals surface area (Å²) in [5.74, 6) is -2.40. The largest absolute Gasteiger partial charge is 0.494 e. The van der Waals surface area contributed by atoms with Crippen molar-refractivity contribution in [2.24, 2.45) is 0 Å². The van der Waals surface area contributed by atoms with Crippen LogP contribution in [0.2, 0.25) is 0 Å². The molecule has 1 N–H and O–H groups in total. The summed E-state index contributed by atoms with van der Waals surface area (Å²) in [7, 11) is 0. The second-order valence-electron chi connectivity index (χ2n) is 11.0. The van der Waals surface area contributed by atoms with E-state index in [2.05, 4.69) is 0 Å². The van der Waals surface area contributed by atoms with Crippen molar-refractivity contribution in [1.82, 2.24) is 10.1 Å². The minimum absolute atomic E-state index is 0.0316. The molecule has 4 amide bonds. The Kier molecular flexibility index (Phi) is 10.9. The van der Waals surface area contributed by atoms with E-state index in [1.807, 2.05) is 11.5 Å². The van der Waals surface area contributed by atoms with Crippen LogP contribution in [0.15, 0.2) is 60.0 Å². The van der Waals surface area contributed by atoms with E-state index in [1.165, 1.54) is 11.8 Å². The number of carbonyl (C=O) groups excluding carboxylic acids is 6. The molecule has 2 saturated heterocycles. The van der Waals surface area contributed by atoms with E-state index in [0.29, 0.717) is 52.0 Å². The number of allylic oxidation sites excluding steroid dienone is 1. The smallest absolute Gasteiger partial charge is 0.333 e. The number of ether oxygens (including phenoxy) is 2. The highest BCUT2D eigenvalue weighted by Crippen LogP contribution is 2.44. The molecule has 14 heteroatoms. The van der Waals surface area contributed by atoms with Crippen molar-refractivity contribution in [3.8, 4) is 11.5 Å². The number of amides is 4. The van der Waals surface area contributed by atoms with Gasteiger partial charge in [-0.25, -0.2) is 9.59 Å². The highest BCUT2D eigenvalue weighted by molar-refractivity contribution is 8.03. The molecule has 0 saturated carbocycles. The van der Waals surface area contributed by atoms with Gasteiger partial charge in [0.2, 0.25) is 0 Å². The highest BCUT2D eigenvalue weighted by atomic mass is 32.2. The average Bonchev–Trinajstić information content (AvgIpc) is 3.81. The molecule has 0 bridgehead atoms. The molecule has 0 radical (unpaired) electrons. The quantitative estimate of drug-likeness (QED) is 0.218. The molecular weight excluding hydrogens is 632 g/mol. The number of aliphatic hydroxyl groups is 1. The standard InChI is InChI=1S/C33H34N2O11S/c36-27-15-16-28(37)34(27)45-31(40)5-1-19-43-24-11-7-22(8-12-24)33(42,26-4-3-21-47-26)23-9-13-25(14-10-23)44-20-2-6-32(41)46-35-29(38)17-18-30(35)39/h3,7-14,21,26,42H,1-2,4-6,15-20H2. The van der Waals surface area contributed by atoms with E-state index in [9.17, 15) is 33.9 Å². The van der Waals surface area contributed by atoms with Gasteiger partial charge < -0.3 is 24.3 Å². The first-order chi connectivity index (χ1) is 22.6. The minimum Gasteiger partial charge on any atom is -0.494 e. The maximum Gasteiger partial charge on any atom is 0.333 e. The van der Waals surface area contributed by atoms with Gasteiger partial charge in [-0.2, -0.15) is 0 Å². The van der Waals surface area contributed by atoms with Gasteiger partial charge >= 0.3 is 11.9 Å². The molecule has 3 aliphatic heterocycles. The summed E-state index contributed by atoms with van der Waals surface area (Å²) in [6.07, 6.45) is 3.37. The zero-order chi connectivity index (χ0) is 33.4. The maximum atomic E-state index is 12.1. The van der Waals surface area contributed by atoms with Crippen LogP contribution in [0.25, 0.3) is 0 Å². The summed E-state index contributed by atoms with van der Waals surface area (Å²) in [6.45, 7) is 0.396. The number of nitrogens with zero attached hydrogens (tertiary/aromatic N) is 2. The molecule has 1 unspecified atom stereocenters. The van der Waals surface area contributed by atoms with Crippen molar-refractivity contribution >= 4 is 47.3 Å². The van der Waals surface area contributed by atoms with Crippen molar-refractivity contribution < 1.29 is 53.0 Å². The molecule has 0 aliphatic carbocycles. The normalized spacial score (nSPS) is 17.9. The van der Waals surface area contributed by atoms with Gasteiger partial charge in [0.1, 0.15) is 17.1 Å². The van der Waals surface area contributed by atoms with Crippen LogP contribution in [0.1, 0.15) is 68.9 Å². The number of hydrogen-bond donors (Lipinski definition) is 1. The van der Waals surface area contributed by atoms with Crippen molar-refractivity contribution in [1.29, 1.82) is 0 Å². The van der Waals surface area contributed by atoms with Gasteiger partial charge in [0.05, 0.1) is 26.1 Å². The van der Waals surface area contributed by atoms with E-state index in [0.717, 1.165) is 0 Å². The van der Waals surface area contributed by atoms with Gasteiger partial charge in [0, 0.05) is 30.9 Å². The minimum atomic E-state index is -1.34. The lowest BCUT2D eigenvalue weighted by molar-refractivity contribution is -0.197. The Labute approximate surface area is 274 Å². The van der Waals surface area contributed by atoms with Crippen LogP contribution in [0.4, 0.5) is 0 Å². The van der Waals surface area contributed by atoms with Crippen LogP contribution in [-0.4, -0.2) is 69.3 Å². The average molecular weight is 667 g/mol. The Morgan fingerprint density at radius 3 is 1.47 bits per heavy atom. The SMILES string of the molecule is O=C(CCCOc1ccc(C(O)(c2ccc(OCCCC(=O)ON3C(=O)CCC3=O)cc2)C2CC=CS2)cc1)ON1C(=O)CCC1=O. The number of hydroxylamine groups is 4. The first-order valence-corrected chi connectivity index (χ1v) is 16.2. The van der Waals surface area contributed by atoms with E-state index in [4.69, 9.17) is 19.1 Å². The summed E-state index contributed by atoms with van der Waals surface area (Å²) in [6, 6.07) is 14.1. The fourth-order valence-electron chi connectivity index (χ4n) is 5.23. The first-order valence-electron chi connectivity index (χ1n) is 15.3. The van der Waals surface area contributed by atoms with Crippen LogP contribution >= 0.6 is 11.8 Å². The number of hydrogen-bond acceptors (Lipinski definition) is 12. The van der Waals surface area contributed by atoms with Gasteiger partial charge in [-0.15, -0.1) is 21.9 Å². The summed E-state index contributed by atoms with van der Waals surface area (Å²) in [5.41, 5.74) is -0.0124. The number of benzene rings is 2. The molecular formula is C33H34N2O11S. The maximum absolute atomic E-state index is 12.1. The van der Waals surface area contributed by atoms with E-state index < -0.39 is 41.2 Å². The molecule has 2 fully saturated rings. The Hall–Kier alpha value is -4.69. The molecule has 248 valence electrons. The molecule has 1 atom stereocenters. The topological polar surface area (TPSA) is 166 Å². The molecule has 13 nitrogen and oxygen atoms in total. The monoisotopic (exact) mass is 666 g/mol. The van der Waals surface area contributed by atoms with Crippen LogP contribution in [0.5, 0.6) is 11.5 Å². The molecule has 3 aliphatic rings. The van der Waals surface area contributed by atoms with Crippen molar-refractivity contribution in [2.75, 3.05) is 13.2 Å². The Morgan fingerprint density at radius 1 is 0.702 bits per heavy atom. The molecule has 0 aromatic heterocycles. The van der Waals surface area contributed by atoms with Crippen molar-refractivity contribution in [2.45, 2.75) is 68.6 Å². The summed E-state index contributed by atoms with van der Waals surface area (Å²) >= 11 is 1.54. The molecule has 5 rings (SSSR count). The number of rotatable bonds is 15. The summed E-state index contributed by atoms with van der Waals surface area (Å²) in [4.78, 5) is 80.1. The lowest BCUT2D eigenvalue weighted by atomic mass is 9.82. The fraction of sp³-hybridized carbons (Fsp3) is 0.394. The highest BCUT2D eigenvalue weighted by Gasteiger charge is 2.41. The second kappa shape index (κ2) is 15.3. The van der Waals surface area contributed by atoms with E-state index in [-0.39, 0.29) is 57.0 Å². The number of imide groups is 2. The van der Waals surface area contributed by atoms with Crippen LogP contribution in [0.3, 0.4) is 0 Å². The van der Waals surface area contributed by atoms with Crippen LogP contribution < -0.4 is 9.47 Å². The van der Waals surface area contributed by atoms with Gasteiger partial charge in [-0.3, -0.25) is 19.2 Å². The summed E-state index contributed by atoms with van der Waals surface area (Å²) < 4.78 is 11.5. The van der Waals surface area contributed by atoms with Crippen molar-refractivity contribution in [3.05, 3.63) is 71.1 Å². The molecule has 0 spiro atoms. The Morgan fingerprint density at radius 2 is 1.11 bits per heavy atom. The molecule has 3 heterocycles. The van der Waals surface area contributed by atoms with Crippen LogP contribution in [-0.2, 0) is 44.0 Å². The second-order valence-corrected chi connectivity index (χ2v) is 12.2.